The number of rotatable bonds is 8. The van der Waals surface area contributed by atoms with Gasteiger partial charge in [0.05, 0.1) is 7.11 Å². The Morgan fingerprint density at radius 2 is 1.82 bits per heavy atom. The van der Waals surface area contributed by atoms with Crippen LogP contribution in [0.5, 0.6) is 5.75 Å². The molecule has 1 aliphatic carbocycles. The maximum atomic E-state index is 5.19. The molecule has 2 N–H and O–H groups in total. The molecule has 0 aromatic heterocycles. The fraction of sp³-hybridized carbons (Fsp3) is 0.667. The van der Waals surface area contributed by atoms with Crippen LogP contribution in [-0.2, 0) is 6.54 Å². The lowest BCUT2D eigenvalue weighted by atomic mass is 9.86. The standard InChI is InChI=1S/C18H30N2OS/c1-14(2)22-20-17-8-4-15(5-9-17)12-19-13-16-6-10-18(21-3)11-7-16/h6-7,10-11,14-15,17,19-20H,4-5,8-9,12-13H2,1-3H3. The molecular weight excluding hydrogens is 292 g/mol. The molecule has 0 amide bonds. The Kier molecular flexibility index (Phi) is 7.56. The average Bonchev–Trinajstić information content (AvgIpc) is 2.55. The molecule has 1 fully saturated rings. The fourth-order valence-corrected chi connectivity index (χ4v) is 3.58. The number of ether oxygens (including phenoxy) is 1. The van der Waals surface area contributed by atoms with Crippen LogP contribution >= 0.6 is 11.9 Å². The molecule has 0 unspecified atom stereocenters. The zero-order valence-corrected chi connectivity index (χ0v) is 14.9. The van der Waals surface area contributed by atoms with Crippen molar-refractivity contribution in [2.75, 3.05) is 13.7 Å². The van der Waals surface area contributed by atoms with Gasteiger partial charge in [0.1, 0.15) is 5.75 Å². The van der Waals surface area contributed by atoms with Crippen LogP contribution < -0.4 is 14.8 Å². The van der Waals surface area contributed by atoms with Gasteiger partial charge >= 0.3 is 0 Å². The Morgan fingerprint density at radius 1 is 1.14 bits per heavy atom. The second-order valence-corrected chi connectivity index (χ2v) is 7.90. The largest absolute Gasteiger partial charge is 0.497 e. The minimum absolute atomic E-state index is 0.670. The van der Waals surface area contributed by atoms with Gasteiger partial charge in [-0.2, -0.15) is 0 Å². The summed E-state index contributed by atoms with van der Waals surface area (Å²) in [5, 5.41) is 4.28. The van der Waals surface area contributed by atoms with Gasteiger partial charge in [-0.05, 0) is 55.8 Å². The van der Waals surface area contributed by atoms with Crippen LogP contribution in [0.15, 0.2) is 24.3 Å². The van der Waals surface area contributed by atoms with E-state index in [1.54, 1.807) is 7.11 Å². The predicted octanol–water partition coefficient (Wildman–Crippen LogP) is 3.99. The maximum absolute atomic E-state index is 5.19. The lowest BCUT2D eigenvalue weighted by Crippen LogP contribution is -2.33. The van der Waals surface area contributed by atoms with Gasteiger partial charge in [-0.25, -0.2) is 0 Å². The summed E-state index contributed by atoms with van der Waals surface area (Å²) in [5.41, 5.74) is 1.32. The molecule has 1 saturated carbocycles. The van der Waals surface area contributed by atoms with E-state index in [4.69, 9.17) is 4.74 Å². The molecule has 0 bridgehead atoms. The van der Waals surface area contributed by atoms with E-state index in [0.29, 0.717) is 11.3 Å². The molecular formula is C18H30N2OS. The van der Waals surface area contributed by atoms with E-state index < -0.39 is 0 Å². The molecule has 22 heavy (non-hydrogen) atoms. The highest BCUT2D eigenvalue weighted by Crippen LogP contribution is 2.25. The van der Waals surface area contributed by atoms with Crippen molar-refractivity contribution in [2.24, 2.45) is 5.92 Å². The summed E-state index contributed by atoms with van der Waals surface area (Å²) in [4.78, 5) is 0. The monoisotopic (exact) mass is 322 g/mol. The predicted molar refractivity (Wildman–Crippen MR) is 96.3 cm³/mol. The van der Waals surface area contributed by atoms with Crippen LogP contribution in [0.1, 0.15) is 45.1 Å². The van der Waals surface area contributed by atoms with E-state index in [1.165, 1.54) is 31.2 Å². The molecule has 124 valence electrons. The number of hydrogen-bond acceptors (Lipinski definition) is 4. The average molecular weight is 323 g/mol. The van der Waals surface area contributed by atoms with E-state index in [1.807, 2.05) is 24.1 Å². The highest BCUT2D eigenvalue weighted by atomic mass is 32.2. The van der Waals surface area contributed by atoms with Gasteiger partial charge in [-0.15, -0.1) is 0 Å². The van der Waals surface area contributed by atoms with Gasteiger partial charge < -0.3 is 10.1 Å². The molecule has 2 rings (SSSR count). The molecule has 0 saturated heterocycles. The Morgan fingerprint density at radius 3 is 2.41 bits per heavy atom. The topological polar surface area (TPSA) is 33.3 Å². The van der Waals surface area contributed by atoms with Gasteiger partial charge in [0.15, 0.2) is 0 Å². The zero-order chi connectivity index (χ0) is 15.8. The van der Waals surface area contributed by atoms with Crippen LogP contribution in [0.3, 0.4) is 0 Å². The van der Waals surface area contributed by atoms with Crippen LogP contribution in [0, 0.1) is 5.92 Å². The van der Waals surface area contributed by atoms with Crippen LogP contribution in [-0.4, -0.2) is 24.9 Å². The second-order valence-electron chi connectivity index (χ2n) is 6.48. The van der Waals surface area contributed by atoms with Crippen molar-refractivity contribution >= 4 is 11.9 Å². The second kappa shape index (κ2) is 9.43. The van der Waals surface area contributed by atoms with Crippen LogP contribution in [0.2, 0.25) is 0 Å². The number of nitrogens with one attached hydrogen (secondary N) is 2. The molecule has 0 heterocycles. The van der Waals surface area contributed by atoms with Gasteiger partial charge in [0.25, 0.3) is 0 Å². The number of methoxy groups -OCH3 is 1. The highest BCUT2D eigenvalue weighted by molar-refractivity contribution is 7.98. The van der Waals surface area contributed by atoms with Crippen molar-refractivity contribution < 1.29 is 4.74 Å². The SMILES string of the molecule is COc1ccc(CNCC2CCC(NSC(C)C)CC2)cc1. The molecule has 0 aliphatic heterocycles. The summed E-state index contributed by atoms with van der Waals surface area (Å²) >= 11 is 1.88. The summed E-state index contributed by atoms with van der Waals surface area (Å²) in [5.74, 6) is 1.76. The summed E-state index contributed by atoms with van der Waals surface area (Å²) in [6.45, 7) is 6.57. The molecule has 1 aliphatic rings. The minimum atomic E-state index is 0.670. The maximum Gasteiger partial charge on any atom is 0.118 e. The quantitative estimate of drug-likeness (QED) is 0.709. The normalized spacial score (nSPS) is 22.0. The Bertz CT molecular complexity index is 414. The number of benzene rings is 1. The van der Waals surface area contributed by atoms with E-state index >= 15 is 0 Å². The van der Waals surface area contributed by atoms with Crippen molar-refractivity contribution in [3.63, 3.8) is 0 Å². The molecule has 3 nitrogen and oxygen atoms in total. The molecule has 1 aromatic carbocycles. The van der Waals surface area contributed by atoms with Gasteiger partial charge in [0, 0.05) is 17.8 Å². The third-order valence-electron chi connectivity index (χ3n) is 4.24. The van der Waals surface area contributed by atoms with Gasteiger partial charge in [0.2, 0.25) is 0 Å². The van der Waals surface area contributed by atoms with Crippen molar-refractivity contribution in [3.05, 3.63) is 29.8 Å². The van der Waals surface area contributed by atoms with Gasteiger partial charge in [-0.3, -0.25) is 4.72 Å². The Hall–Kier alpha value is -0.710. The first-order valence-corrected chi connectivity index (χ1v) is 9.30. The van der Waals surface area contributed by atoms with Crippen molar-refractivity contribution in [1.29, 1.82) is 0 Å². The van der Waals surface area contributed by atoms with E-state index in [9.17, 15) is 0 Å². The lowest BCUT2D eigenvalue weighted by molar-refractivity contribution is 0.306. The van der Waals surface area contributed by atoms with Crippen LogP contribution in [0.4, 0.5) is 0 Å². The third kappa shape index (κ3) is 6.19. The Balaban J connectivity index is 1.60. The first kappa shape index (κ1) is 17.6. The molecule has 1 aromatic rings. The zero-order valence-electron chi connectivity index (χ0n) is 14.1. The van der Waals surface area contributed by atoms with E-state index in [2.05, 4.69) is 36.0 Å². The molecule has 0 radical (unpaired) electrons. The molecule has 0 spiro atoms. The summed E-state index contributed by atoms with van der Waals surface area (Å²) < 4.78 is 8.80. The molecule has 4 heteroatoms. The summed E-state index contributed by atoms with van der Waals surface area (Å²) in [7, 11) is 1.71. The minimum Gasteiger partial charge on any atom is -0.497 e. The van der Waals surface area contributed by atoms with Gasteiger partial charge in [-0.1, -0.05) is 37.9 Å². The highest BCUT2D eigenvalue weighted by Gasteiger charge is 2.20. The number of hydrogen-bond donors (Lipinski definition) is 2. The smallest absolute Gasteiger partial charge is 0.118 e. The molecule has 0 atom stereocenters. The first-order chi connectivity index (χ1) is 10.7. The Labute approximate surface area is 139 Å². The third-order valence-corrected chi connectivity index (χ3v) is 5.18. The van der Waals surface area contributed by atoms with E-state index in [0.717, 1.165) is 24.8 Å². The van der Waals surface area contributed by atoms with E-state index in [-0.39, 0.29) is 0 Å². The lowest BCUT2D eigenvalue weighted by Gasteiger charge is -2.29. The van der Waals surface area contributed by atoms with Crippen LogP contribution in [0.25, 0.3) is 0 Å². The fourth-order valence-electron chi connectivity index (χ4n) is 2.88. The summed E-state index contributed by atoms with van der Waals surface area (Å²) in [6.07, 6.45) is 5.31. The first-order valence-electron chi connectivity index (χ1n) is 8.42. The summed E-state index contributed by atoms with van der Waals surface area (Å²) in [6, 6.07) is 9.04. The van der Waals surface area contributed by atoms with Crippen molar-refractivity contribution in [3.8, 4) is 5.75 Å². The van der Waals surface area contributed by atoms with Crippen molar-refractivity contribution in [2.45, 2.75) is 57.4 Å². The van der Waals surface area contributed by atoms with Crippen molar-refractivity contribution in [1.82, 2.24) is 10.0 Å².